The number of halogens is 5. The van der Waals surface area contributed by atoms with Crippen LogP contribution in [-0.2, 0) is 11.2 Å². The van der Waals surface area contributed by atoms with Crippen molar-refractivity contribution in [3.8, 4) is 0 Å². The van der Waals surface area contributed by atoms with Gasteiger partial charge in [0.15, 0.2) is 11.6 Å². The number of hydrogen-bond acceptors (Lipinski definition) is 2. The van der Waals surface area contributed by atoms with Gasteiger partial charge >= 0.3 is 6.18 Å². The van der Waals surface area contributed by atoms with E-state index in [4.69, 9.17) is 0 Å². The molecule has 1 aromatic rings. The number of rotatable bonds is 6. The Kier molecular flexibility index (Phi) is 5.68. The number of hydrogen-bond donors (Lipinski definition) is 1. The Hall–Kier alpha value is -1.21. The molecule has 1 aromatic carbocycles. The third-order valence-electron chi connectivity index (χ3n) is 2.35. The topological polar surface area (TPSA) is 29.5 Å². The first-order valence-electron chi connectivity index (χ1n) is 5.55. The number of aliphatic hydroxyl groups excluding tert-OH is 1. The predicted octanol–water partition coefficient (Wildman–Crippen LogP) is 2.84. The van der Waals surface area contributed by atoms with Crippen molar-refractivity contribution in [2.45, 2.75) is 25.1 Å². The van der Waals surface area contributed by atoms with Gasteiger partial charge < -0.3 is 9.84 Å². The van der Waals surface area contributed by atoms with E-state index >= 15 is 0 Å². The summed E-state index contributed by atoms with van der Waals surface area (Å²) < 4.78 is 65.6. The van der Waals surface area contributed by atoms with Crippen LogP contribution in [0.15, 0.2) is 18.2 Å². The van der Waals surface area contributed by atoms with Gasteiger partial charge in [-0.05, 0) is 18.1 Å². The number of alkyl halides is 3. The molecular formula is C12H13F5O2. The molecule has 0 aliphatic heterocycles. The molecule has 0 radical (unpaired) electrons. The Bertz CT molecular complexity index is 406. The molecule has 0 spiro atoms. The quantitative estimate of drug-likeness (QED) is 0.643. The lowest BCUT2D eigenvalue weighted by molar-refractivity contribution is -0.175. The van der Waals surface area contributed by atoms with Crippen LogP contribution in [0.1, 0.15) is 12.0 Å². The van der Waals surface area contributed by atoms with Crippen molar-refractivity contribution in [1.82, 2.24) is 0 Å². The van der Waals surface area contributed by atoms with Crippen LogP contribution in [0, 0.1) is 11.6 Å². The third kappa shape index (κ3) is 5.98. The van der Waals surface area contributed by atoms with Crippen molar-refractivity contribution in [2.75, 3.05) is 13.2 Å². The minimum absolute atomic E-state index is 0.0247. The van der Waals surface area contributed by atoms with Crippen LogP contribution in [0.2, 0.25) is 0 Å². The van der Waals surface area contributed by atoms with Crippen molar-refractivity contribution in [3.05, 3.63) is 35.4 Å². The summed E-state index contributed by atoms with van der Waals surface area (Å²) in [6, 6.07) is 3.54. The van der Waals surface area contributed by atoms with E-state index in [0.717, 1.165) is 6.07 Å². The molecule has 1 rings (SSSR count). The van der Waals surface area contributed by atoms with Crippen molar-refractivity contribution in [2.24, 2.45) is 0 Å². The zero-order valence-electron chi connectivity index (χ0n) is 9.88. The fourth-order valence-electron chi connectivity index (χ4n) is 1.47. The minimum Gasteiger partial charge on any atom is -0.393 e. The molecule has 1 atom stereocenters. The highest BCUT2D eigenvalue weighted by Gasteiger charge is 2.27. The molecule has 7 heteroatoms. The summed E-state index contributed by atoms with van der Waals surface area (Å²) in [4.78, 5) is 0. The monoisotopic (exact) mass is 284 g/mol. The SMILES string of the molecule is OC(CCOCC(F)(F)F)Cc1cccc(F)c1F. The summed E-state index contributed by atoms with van der Waals surface area (Å²) in [6.07, 6.45) is -5.78. The smallest absolute Gasteiger partial charge is 0.393 e. The van der Waals surface area contributed by atoms with E-state index in [2.05, 4.69) is 4.74 Å². The number of aliphatic hydroxyl groups is 1. The van der Waals surface area contributed by atoms with Crippen LogP contribution >= 0.6 is 0 Å². The first-order valence-corrected chi connectivity index (χ1v) is 5.55. The van der Waals surface area contributed by atoms with E-state index in [0.29, 0.717) is 0 Å². The molecule has 0 heterocycles. The van der Waals surface area contributed by atoms with Crippen molar-refractivity contribution in [3.63, 3.8) is 0 Å². The lowest BCUT2D eigenvalue weighted by atomic mass is 10.1. The lowest BCUT2D eigenvalue weighted by Crippen LogP contribution is -2.20. The second-order valence-corrected chi connectivity index (χ2v) is 4.03. The third-order valence-corrected chi connectivity index (χ3v) is 2.35. The van der Waals surface area contributed by atoms with E-state index in [1.807, 2.05) is 0 Å². The van der Waals surface area contributed by atoms with Gasteiger partial charge in [0, 0.05) is 13.0 Å². The molecule has 1 unspecified atom stereocenters. The maximum atomic E-state index is 13.2. The molecule has 0 aliphatic rings. The Balaban J connectivity index is 2.35. The Morgan fingerprint density at radius 3 is 2.53 bits per heavy atom. The average Bonchev–Trinajstić information content (AvgIpc) is 2.29. The molecule has 2 nitrogen and oxygen atoms in total. The van der Waals surface area contributed by atoms with Gasteiger partial charge in [-0.2, -0.15) is 13.2 Å². The molecule has 108 valence electrons. The highest BCUT2D eigenvalue weighted by atomic mass is 19.4. The van der Waals surface area contributed by atoms with Gasteiger partial charge in [0.2, 0.25) is 0 Å². The second-order valence-electron chi connectivity index (χ2n) is 4.03. The first-order chi connectivity index (χ1) is 8.79. The van der Waals surface area contributed by atoms with E-state index in [9.17, 15) is 27.1 Å². The van der Waals surface area contributed by atoms with Gasteiger partial charge in [0.25, 0.3) is 0 Å². The van der Waals surface area contributed by atoms with Crippen LogP contribution in [0.25, 0.3) is 0 Å². The minimum atomic E-state index is -4.42. The first kappa shape index (κ1) is 15.8. The summed E-state index contributed by atoms with van der Waals surface area (Å²) in [5.74, 6) is -2.09. The molecule has 0 saturated heterocycles. The van der Waals surface area contributed by atoms with Gasteiger partial charge in [-0.25, -0.2) is 8.78 Å². The van der Waals surface area contributed by atoms with E-state index in [1.165, 1.54) is 12.1 Å². The summed E-state index contributed by atoms with van der Waals surface area (Å²) in [7, 11) is 0. The van der Waals surface area contributed by atoms with Gasteiger partial charge in [0.05, 0.1) is 6.10 Å². The molecule has 0 amide bonds. The van der Waals surface area contributed by atoms with Crippen molar-refractivity contribution < 1.29 is 31.8 Å². The summed E-state index contributed by atoms with van der Waals surface area (Å²) >= 11 is 0. The zero-order chi connectivity index (χ0) is 14.5. The molecule has 0 fully saturated rings. The summed E-state index contributed by atoms with van der Waals surface area (Å²) in [6.45, 7) is -1.70. The largest absolute Gasteiger partial charge is 0.411 e. The van der Waals surface area contributed by atoms with Gasteiger partial charge in [-0.1, -0.05) is 12.1 Å². The highest BCUT2D eigenvalue weighted by molar-refractivity contribution is 5.19. The van der Waals surface area contributed by atoms with Gasteiger partial charge in [-0.15, -0.1) is 0 Å². The van der Waals surface area contributed by atoms with Crippen molar-refractivity contribution >= 4 is 0 Å². The summed E-state index contributed by atoms with van der Waals surface area (Å²) in [5.41, 5.74) is -0.0247. The average molecular weight is 284 g/mol. The molecule has 19 heavy (non-hydrogen) atoms. The van der Waals surface area contributed by atoms with Crippen LogP contribution < -0.4 is 0 Å². The van der Waals surface area contributed by atoms with Gasteiger partial charge in [0.1, 0.15) is 6.61 Å². The van der Waals surface area contributed by atoms with Crippen molar-refractivity contribution in [1.29, 1.82) is 0 Å². The molecule has 1 N–H and O–H groups in total. The zero-order valence-corrected chi connectivity index (χ0v) is 9.88. The predicted molar refractivity (Wildman–Crippen MR) is 57.6 cm³/mol. The maximum absolute atomic E-state index is 13.2. The molecule has 0 bridgehead atoms. The fraction of sp³-hybridized carbons (Fsp3) is 0.500. The second kappa shape index (κ2) is 6.81. The van der Waals surface area contributed by atoms with E-state index in [-0.39, 0.29) is 25.0 Å². The van der Waals surface area contributed by atoms with Gasteiger partial charge in [-0.3, -0.25) is 0 Å². The Morgan fingerprint density at radius 1 is 1.21 bits per heavy atom. The van der Waals surface area contributed by atoms with Crippen LogP contribution in [0.4, 0.5) is 22.0 Å². The van der Waals surface area contributed by atoms with E-state index < -0.39 is 30.5 Å². The number of benzene rings is 1. The highest BCUT2D eigenvalue weighted by Crippen LogP contribution is 2.16. The molecule has 0 aliphatic carbocycles. The van der Waals surface area contributed by atoms with E-state index in [1.54, 1.807) is 0 Å². The lowest BCUT2D eigenvalue weighted by Gasteiger charge is -2.12. The van der Waals surface area contributed by atoms with Crippen LogP contribution in [0.5, 0.6) is 0 Å². The number of ether oxygens (including phenoxy) is 1. The fourth-order valence-corrected chi connectivity index (χ4v) is 1.47. The summed E-state index contributed by atoms with van der Waals surface area (Å²) in [5, 5.41) is 9.50. The van der Waals surface area contributed by atoms with Crippen LogP contribution in [-0.4, -0.2) is 30.6 Å². The maximum Gasteiger partial charge on any atom is 0.411 e. The molecule has 0 saturated carbocycles. The molecular weight excluding hydrogens is 271 g/mol. The standard InChI is InChI=1S/C12H13F5O2/c13-10-3-1-2-8(11(10)14)6-9(18)4-5-19-7-12(15,16)17/h1-3,9,18H,4-7H2. The van der Waals surface area contributed by atoms with Crippen LogP contribution in [0.3, 0.4) is 0 Å². The Morgan fingerprint density at radius 2 is 1.89 bits per heavy atom. The molecule has 0 aromatic heterocycles. The Labute approximate surface area is 106 Å². The normalized spacial score (nSPS) is 13.6.